The molecule has 0 radical (unpaired) electrons. The van der Waals surface area contributed by atoms with Crippen molar-refractivity contribution in [1.29, 1.82) is 0 Å². The number of ether oxygens (including phenoxy) is 1. The monoisotopic (exact) mass is 196 g/mol. The van der Waals surface area contributed by atoms with Gasteiger partial charge in [0, 0.05) is 13.2 Å². The molecule has 1 heteroatoms. The van der Waals surface area contributed by atoms with E-state index in [-0.39, 0.29) is 0 Å². The molecule has 82 valence electrons. The van der Waals surface area contributed by atoms with Crippen LogP contribution >= 0.6 is 0 Å². The van der Waals surface area contributed by atoms with Crippen molar-refractivity contribution in [2.24, 2.45) is 29.1 Å². The average molecular weight is 196 g/mol. The second kappa shape index (κ2) is 3.52. The van der Waals surface area contributed by atoms with Crippen molar-refractivity contribution in [1.82, 2.24) is 0 Å². The van der Waals surface area contributed by atoms with Crippen LogP contribution in [0.15, 0.2) is 0 Å². The molecule has 0 spiro atoms. The fraction of sp³-hybridized carbons (Fsp3) is 1.00. The molecule has 1 aliphatic heterocycles. The molecular weight excluding hydrogens is 172 g/mol. The lowest BCUT2D eigenvalue weighted by atomic mass is 9.67. The fourth-order valence-electron chi connectivity index (χ4n) is 3.76. The minimum absolute atomic E-state index is 0.610. The molecule has 0 aromatic rings. The quantitative estimate of drug-likeness (QED) is 0.658. The summed E-state index contributed by atoms with van der Waals surface area (Å²) >= 11 is 0. The second-order valence-electron chi connectivity index (χ2n) is 6.01. The van der Waals surface area contributed by atoms with Crippen LogP contribution in [0, 0.1) is 29.1 Å². The van der Waals surface area contributed by atoms with Crippen molar-refractivity contribution in [2.45, 2.75) is 40.5 Å². The van der Waals surface area contributed by atoms with E-state index in [4.69, 9.17) is 4.74 Å². The van der Waals surface area contributed by atoms with Crippen LogP contribution in [-0.4, -0.2) is 13.2 Å². The highest BCUT2D eigenvalue weighted by Gasteiger charge is 2.50. The molecule has 1 nitrogen and oxygen atoms in total. The van der Waals surface area contributed by atoms with Crippen LogP contribution in [0.4, 0.5) is 0 Å². The molecule has 0 bridgehead atoms. The van der Waals surface area contributed by atoms with E-state index in [2.05, 4.69) is 27.7 Å². The molecular formula is C13H24O. The average Bonchev–Trinajstić information content (AvgIpc) is 2.58. The summed E-state index contributed by atoms with van der Waals surface area (Å²) in [6.07, 6.45) is 2.82. The predicted molar refractivity (Wildman–Crippen MR) is 59.1 cm³/mol. The lowest BCUT2D eigenvalue weighted by Gasteiger charge is -2.38. The van der Waals surface area contributed by atoms with Crippen molar-refractivity contribution in [3.8, 4) is 0 Å². The summed E-state index contributed by atoms with van der Waals surface area (Å²) in [5.74, 6) is 3.40. The van der Waals surface area contributed by atoms with E-state index in [9.17, 15) is 0 Å². The molecule has 1 saturated carbocycles. The van der Waals surface area contributed by atoms with Crippen LogP contribution in [0.5, 0.6) is 0 Å². The van der Waals surface area contributed by atoms with Crippen molar-refractivity contribution in [3.63, 3.8) is 0 Å². The fourth-order valence-corrected chi connectivity index (χ4v) is 3.76. The van der Waals surface area contributed by atoms with E-state index in [1.165, 1.54) is 12.8 Å². The lowest BCUT2D eigenvalue weighted by Crippen LogP contribution is -2.31. The van der Waals surface area contributed by atoms with Gasteiger partial charge in [0.05, 0.1) is 0 Å². The third-order valence-corrected chi connectivity index (χ3v) is 4.91. The van der Waals surface area contributed by atoms with Gasteiger partial charge in [-0.25, -0.2) is 0 Å². The molecule has 0 unspecified atom stereocenters. The highest BCUT2D eigenvalue weighted by Crippen LogP contribution is 2.56. The van der Waals surface area contributed by atoms with Gasteiger partial charge in [-0.15, -0.1) is 0 Å². The van der Waals surface area contributed by atoms with Crippen molar-refractivity contribution < 1.29 is 4.74 Å². The first kappa shape index (κ1) is 10.5. The molecule has 14 heavy (non-hydrogen) atoms. The topological polar surface area (TPSA) is 9.23 Å². The van der Waals surface area contributed by atoms with Gasteiger partial charge >= 0.3 is 0 Å². The predicted octanol–water partition coefficient (Wildman–Crippen LogP) is 3.34. The Morgan fingerprint density at radius 1 is 0.929 bits per heavy atom. The third kappa shape index (κ3) is 1.41. The molecule has 2 aliphatic rings. The molecule has 1 heterocycles. The number of hydrogen-bond acceptors (Lipinski definition) is 1. The van der Waals surface area contributed by atoms with Crippen LogP contribution in [0.3, 0.4) is 0 Å². The van der Waals surface area contributed by atoms with Gasteiger partial charge in [0.25, 0.3) is 0 Å². The van der Waals surface area contributed by atoms with Crippen LogP contribution in [0.2, 0.25) is 0 Å². The number of hydrogen-bond donors (Lipinski definition) is 0. The van der Waals surface area contributed by atoms with Crippen molar-refractivity contribution >= 4 is 0 Å². The van der Waals surface area contributed by atoms with Gasteiger partial charge < -0.3 is 4.74 Å². The molecule has 1 saturated heterocycles. The summed E-state index contributed by atoms with van der Waals surface area (Å²) in [4.78, 5) is 0. The van der Waals surface area contributed by atoms with E-state index in [1.54, 1.807) is 0 Å². The van der Waals surface area contributed by atoms with Crippen LogP contribution in [0.25, 0.3) is 0 Å². The molecule has 0 aromatic carbocycles. The summed E-state index contributed by atoms with van der Waals surface area (Å²) in [7, 11) is 0. The Morgan fingerprint density at radius 3 is 1.71 bits per heavy atom. The van der Waals surface area contributed by atoms with Crippen LogP contribution in [-0.2, 0) is 4.74 Å². The van der Waals surface area contributed by atoms with E-state index in [0.29, 0.717) is 5.41 Å². The summed E-state index contributed by atoms with van der Waals surface area (Å²) in [6.45, 7) is 11.7. The van der Waals surface area contributed by atoms with Gasteiger partial charge in [-0.05, 0) is 41.9 Å². The van der Waals surface area contributed by atoms with Crippen LogP contribution < -0.4 is 0 Å². The molecule has 2 rings (SSSR count). The first-order chi connectivity index (χ1) is 6.56. The maximum absolute atomic E-state index is 5.56. The zero-order chi connectivity index (χ0) is 10.3. The summed E-state index contributed by atoms with van der Waals surface area (Å²) in [5.41, 5.74) is 0.610. The number of fused-ring (bicyclic) bond motifs is 1. The standard InChI is InChI=1S/C13H24O/c1-9(2)13(10(3)4)5-11-7-14-8-12(11)6-13/h9-12H,5-8H2,1-4H3/t11-,12-/m0/s1. The smallest absolute Gasteiger partial charge is 0.0498 e. The van der Waals surface area contributed by atoms with Gasteiger partial charge in [-0.3, -0.25) is 0 Å². The lowest BCUT2D eigenvalue weighted by molar-refractivity contribution is 0.0779. The molecule has 1 aliphatic carbocycles. The number of rotatable bonds is 2. The Kier molecular flexibility index (Phi) is 2.63. The second-order valence-corrected chi connectivity index (χ2v) is 6.01. The van der Waals surface area contributed by atoms with E-state index in [1.807, 2.05) is 0 Å². The zero-order valence-corrected chi connectivity index (χ0v) is 10.0. The zero-order valence-electron chi connectivity index (χ0n) is 10.0. The maximum atomic E-state index is 5.56. The van der Waals surface area contributed by atoms with Crippen molar-refractivity contribution in [2.75, 3.05) is 13.2 Å². The van der Waals surface area contributed by atoms with Gasteiger partial charge in [-0.1, -0.05) is 27.7 Å². The SMILES string of the molecule is CC(C)C1(C(C)C)C[C@H]2COC[C@@H]2C1. The normalized spacial score (nSPS) is 35.6. The Hall–Kier alpha value is -0.0400. The van der Waals surface area contributed by atoms with Gasteiger partial charge in [0.15, 0.2) is 0 Å². The minimum Gasteiger partial charge on any atom is -0.381 e. The summed E-state index contributed by atoms with van der Waals surface area (Å²) in [5, 5.41) is 0. The Labute approximate surface area is 88.2 Å². The van der Waals surface area contributed by atoms with E-state index in [0.717, 1.165) is 36.9 Å². The first-order valence-corrected chi connectivity index (χ1v) is 6.14. The maximum Gasteiger partial charge on any atom is 0.0498 e. The third-order valence-electron chi connectivity index (χ3n) is 4.91. The van der Waals surface area contributed by atoms with Gasteiger partial charge in [0.2, 0.25) is 0 Å². The molecule has 2 fully saturated rings. The van der Waals surface area contributed by atoms with Crippen LogP contribution in [0.1, 0.15) is 40.5 Å². The minimum atomic E-state index is 0.610. The van der Waals surface area contributed by atoms with Crippen molar-refractivity contribution in [3.05, 3.63) is 0 Å². The molecule has 0 N–H and O–H groups in total. The van der Waals surface area contributed by atoms with Gasteiger partial charge in [0.1, 0.15) is 0 Å². The molecule has 0 aromatic heterocycles. The highest BCUT2D eigenvalue weighted by molar-refractivity contribution is 4.99. The summed E-state index contributed by atoms with van der Waals surface area (Å²) < 4.78 is 5.56. The Balaban J connectivity index is 2.16. The Bertz CT molecular complexity index is 185. The Morgan fingerprint density at radius 2 is 1.36 bits per heavy atom. The molecule has 2 atom stereocenters. The van der Waals surface area contributed by atoms with E-state index >= 15 is 0 Å². The van der Waals surface area contributed by atoms with Gasteiger partial charge in [-0.2, -0.15) is 0 Å². The largest absolute Gasteiger partial charge is 0.381 e. The van der Waals surface area contributed by atoms with E-state index < -0.39 is 0 Å². The summed E-state index contributed by atoms with van der Waals surface area (Å²) in [6, 6.07) is 0. The molecule has 0 amide bonds. The first-order valence-electron chi connectivity index (χ1n) is 6.14. The highest BCUT2D eigenvalue weighted by atomic mass is 16.5.